The Hall–Kier alpha value is -1.54. The zero-order valence-electron chi connectivity index (χ0n) is 9.45. The molecule has 0 unspecified atom stereocenters. The van der Waals surface area contributed by atoms with E-state index in [1.165, 1.54) is 0 Å². The normalized spacial score (nSPS) is 34.9. The van der Waals surface area contributed by atoms with Crippen LogP contribution in [0.5, 0.6) is 0 Å². The Morgan fingerprint density at radius 1 is 0.833 bits per heavy atom. The third-order valence-corrected chi connectivity index (χ3v) is 2.79. The molecule has 0 saturated carbocycles. The Morgan fingerprint density at radius 3 is 1.67 bits per heavy atom. The molecule has 2 fully saturated rings. The Bertz CT molecular complexity index is 344. The lowest BCUT2D eigenvalue weighted by molar-refractivity contribution is -0.0305. The highest BCUT2D eigenvalue weighted by Gasteiger charge is 2.43. The zero-order chi connectivity index (χ0) is 12.8. The van der Waals surface area contributed by atoms with Crippen LogP contribution in [-0.4, -0.2) is 51.1 Å². The standard InChI is InChI=1S/C8H12N6O4/c9-13-11-1-5-7(17-3-15-5)8-6(2-12-14-10)16-4-18-8/h5-8H,1-4H2/t5-,6+,7-,8-/m0/s1. The lowest BCUT2D eigenvalue weighted by Crippen LogP contribution is -2.43. The van der Waals surface area contributed by atoms with Gasteiger partial charge in [0.05, 0.1) is 25.3 Å². The highest BCUT2D eigenvalue weighted by atomic mass is 16.8. The van der Waals surface area contributed by atoms with Gasteiger partial charge in [0.25, 0.3) is 0 Å². The molecule has 10 heteroatoms. The Morgan fingerprint density at radius 2 is 1.28 bits per heavy atom. The van der Waals surface area contributed by atoms with Crippen LogP contribution in [0.3, 0.4) is 0 Å². The first-order valence-corrected chi connectivity index (χ1v) is 5.35. The molecule has 4 atom stereocenters. The van der Waals surface area contributed by atoms with Crippen LogP contribution in [0.4, 0.5) is 0 Å². The monoisotopic (exact) mass is 256 g/mol. The zero-order valence-corrected chi connectivity index (χ0v) is 9.45. The average Bonchev–Trinajstić information content (AvgIpc) is 3.01. The van der Waals surface area contributed by atoms with E-state index in [-0.39, 0.29) is 38.9 Å². The summed E-state index contributed by atoms with van der Waals surface area (Å²) in [7, 11) is 0. The maximum absolute atomic E-state index is 8.30. The molecule has 0 radical (unpaired) electrons. The van der Waals surface area contributed by atoms with Gasteiger partial charge in [0.15, 0.2) is 0 Å². The van der Waals surface area contributed by atoms with E-state index in [1.807, 2.05) is 0 Å². The van der Waals surface area contributed by atoms with Gasteiger partial charge in [0.1, 0.15) is 25.8 Å². The summed E-state index contributed by atoms with van der Waals surface area (Å²) in [6.45, 7) is 0.555. The molecule has 2 rings (SSSR count). The van der Waals surface area contributed by atoms with Gasteiger partial charge in [-0.3, -0.25) is 0 Å². The van der Waals surface area contributed by atoms with Gasteiger partial charge in [-0.2, -0.15) is 0 Å². The van der Waals surface area contributed by atoms with Crippen molar-refractivity contribution in [2.24, 2.45) is 10.2 Å². The number of hydrogen-bond acceptors (Lipinski definition) is 6. The van der Waals surface area contributed by atoms with E-state index in [9.17, 15) is 0 Å². The second kappa shape index (κ2) is 6.41. The number of hydrogen-bond donors (Lipinski definition) is 0. The van der Waals surface area contributed by atoms with Gasteiger partial charge in [0, 0.05) is 9.82 Å². The highest BCUT2D eigenvalue weighted by Crippen LogP contribution is 2.26. The maximum atomic E-state index is 8.30. The Labute approximate surface area is 102 Å². The Balaban J connectivity index is 1.99. The summed E-state index contributed by atoms with van der Waals surface area (Å²) >= 11 is 0. The molecule has 0 aromatic carbocycles. The van der Waals surface area contributed by atoms with Crippen LogP contribution in [0, 0.1) is 0 Å². The van der Waals surface area contributed by atoms with Crippen molar-refractivity contribution in [1.29, 1.82) is 0 Å². The van der Waals surface area contributed by atoms with Crippen molar-refractivity contribution in [3.8, 4) is 0 Å². The minimum Gasteiger partial charge on any atom is -0.349 e. The van der Waals surface area contributed by atoms with Crippen molar-refractivity contribution < 1.29 is 18.9 Å². The van der Waals surface area contributed by atoms with Gasteiger partial charge in [-0.05, 0) is 11.1 Å². The molecular weight excluding hydrogens is 244 g/mol. The number of azide groups is 2. The first-order chi connectivity index (χ1) is 8.86. The van der Waals surface area contributed by atoms with Crippen LogP contribution in [0.2, 0.25) is 0 Å². The van der Waals surface area contributed by atoms with Crippen molar-refractivity contribution in [2.75, 3.05) is 26.7 Å². The summed E-state index contributed by atoms with van der Waals surface area (Å²) in [5.74, 6) is 0. The maximum Gasteiger partial charge on any atom is 0.147 e. The van der Waals surface area contributed by atoms with Crippen molar-refractivity contribution >= 4 is 0 Å². The van der Waals surface area contributed by atoms with Crippen LogP contribution in [0.15, 0.2) is 10.2 Å². The molecule has 0 bridgehead atoms. The third-order valence-electron chi connectivity index (χ3n) is 2.79. The summed E-state index contributed by atoms with van der Waals surface area (Å²) in [5.41, 5.74) is 16.6. The minimum atomic E-state index is -0.392. The van der Waals surface area contributed by atoms with Crippen molar-refractivity contribution in [3.63, 3.8) is 0 Å². The summed E-state index contributed by atoms with van der Waals surface area (Å²) in [5, 5.41) is 6.92. The van der Waals surface area contributed by atoms with Crippen LogP contribution in [-0.2, 0) is 18.9 Å². The fourth-order valence-corrected chi connectivity index (χ4v) is 1.97. The van der Waals surface area contributed by atoms with Crippen molar-refractivity contribution in [3.05, 3.63) is 20.9 Å². The molecule has 2 saturated heterocycles. The molecule has 18 heavy (non-hydrogen) atoms. The third kappa shape index (κ3) is 2.82. The summed E-state index contributed by atoms with van der Waals surface area (Å²) in [6, 6.07) is 0. The van der Waals surface area contributed by atoms with Gasteiger partial charge in [-0.25, -0.2) is 0 Å². The second-order valence-electron chi connectivity index (χ2n) is 3.74. The molecule has 2 aliphatic heterocycles. The van der Waals surface area contributed by atoms with Gasteiger partial charge in [-0.15, -0.1) is 0 Å². The molecule has 0 aliphatic carbocycles. The lowest BCUT2D eigenvalue weighted by atomic mass is 10.0. The molecule has 98 valence electrons. The van der Waals surface area contributed by atoms with E-state index < -0.39 is 12.2 Å². The van der Waals surface area contributed by atoms with Gasteiger partial charge in [0.2, 0.25) is 0 Å². The van der Waals surface area contributed by atoms with E-state index in [1.54, 1.807) is 0 Å². The van der Waals surface area contributed by atoms with Gasteiger partial charge < -0.3 is 18.9 Å². The van der Waals surface area contributed by atoms with E-state index in [0.29, 0.717) is 0 Å². The Kier molecular flexibility index (Phi) is 4.59. The SMILES string of the molecule is [N-]=[N+]=NC[C@@H]1OCO[C@@H]1[C@H]1OCO[C@@H]1CN=[N+]=[N-]. The topological polar surface area (TPSA) is 134 Å². The average molecular weight is 256 g/mol. The molecular formula is C8H12N6O4. The predicted octanol–water partition coefficient (Wildman–Crippen LogP) is 1.09. The molecule has 0 N–H and O–H groups in total. The molecule has 2 heterocycles. The van der Waals surface area contributed by atoms with Gasteiger partial charge in [-0.1, -0.05) is 10.2 Å². The first-order valence-electron chi connectivity index (χ1n) is 5.35. The molecule has 0 amide bonds. The highest BCUT2D eigenvalue weighted by molar-refractivity contribution is 4.91. The molecule has 2 aliphatic rings. The number of ether oxygens (including phenoxy) is 4. The second-order valence-corrected chi connectivity index (χ2v) is 3.74. The van der Waals surface area contributed by atoms with E-state index >= 15 is 0 Å². The van der Waals surface area contributed by atoms with Crippen molar-refractivity contribution in [2.45, 2.75) is 24.4 Å². The van der Waals surface area contributed by atoms with Crippen LogP contribution in [0.1, 0.15) is 0 Å². The van der Waals surface area contributed by atoms with Crippen molar-refractivity contribution in [1.82, 2.24) is 0 Å². The van der Waals surface area contributed by atoms with Crippen LogP contribution < -0.4 is 0 Å². The van der Waals surface area contributed by atoms with Crippen LogP contribution in [0.25, 0.3) is 20.9 Å². The summed E-state index contributed by atoms with van der Waals surface area (Å²) < 4.78 is 21.4. The van der Waals surface area contributed by atoms with Crippen LogP contribution >= 0.6 is 0 Å². The molecule has 0 spiro atoms. The van der Waals surface area contributed by atoms with Gasteiger partial charge >= 0.3 is 0 Å². The fourth-order valence-electron chi connectivity index (χ4n) is 1.97. The summed E-state index contributed by atoms with van der Waals surface area (Å²) in [6.07, 6.45) is -1.53. The quantitative estimate of drug-likeness (QED) is 0.413. The summed E-state index contributed by atoms with van der Waals surface area (Å²) in [4.78, 5) is 5.36. The smallest absolute Gasteiger partial charge is 0.147 e. The molecule has 10 nitrogen and oxygen atoms in total. The molecule has 0 aromatic rings. The fraction of sp³-hybridized carbons (Fsp3) is 1.00. The predicted molar refractivity (Wildman–Crippen MR) is 57.3 cm³/mol. The number of nitrogens with zero attached hydrogens (tertiary/aromatic N) is 6. The largest absolute Gasteiger partial charge is 0.349 e. The van der Waals surface area contributed by atoms with E-state index in [4.69, 9.17) is 30.0 Å². The molecule has 0 aromatic heterocycles. The van der Waals surface area contributed by atoms with E-state index in [0.717, 1.165) is 0 Å². The minimum absolute atomic E-state index is 0.115. The first kappa shape index (κ1) is 12.9. The van der Waals surface area contributed by atoms with E-state index in [2.05, 4.69) is 20.1 Å². The lowest BCUT2D eigenvalue weighted by Gasteiger charge is -2.23. The number of rotatable bonds is 5.